The zero-order valence-corrected chi connectivity index (χ0v) is 19.0. The minimum absolute atomic E-state index is 0.0336. The Balaban J connectivity index is 1.98. The van der Waals surface area contributed by atoms with Gasteiger partial charge in [0, 0.05) is 21.9 Å². The maximum atomic E-state index is 13.2. The zero-order chi connectivity index (χ0) is 22.3. The summed E-state index contributed by atoms with van der Waals surface area (Å²) in [7, 11) is 0. The van der Waals surface area contributed by atoms with E-state index >= 15 is 0 Å². The van der Waals surface area contributed by atoms with Crippen molar-refractivity contribution in [3.8, 4) is 0 Å². The quantitative estimate of drug-likeness (QED) is 0.312. The van der Waals surface area contributed by atoms with Crippen LogP contribution in [0.25, 0.3) is 5.76 Å². The average molecular weight is 477 g/mol. The van der Waals surface area contributed by atoms with Crippen LogP contribution < -0.4 is 4.90 Å². The molecular formula is C25H21BrN2O3. The van der Waals surface area contributed by atoms with Gasteiger partial charge in [-0.15, -0.1) is 0 Å². The highest BCUT2D eigenvalue weighted by molar-refractivity contribution is 9.10. The van der Waals surface area contributed by atoms with Gasteiger partial charge in [0.2, 0.25) is 0 Å². The van der Waals surface area contributed by atoms with Crippen molar-refractivity contribution in [2.24, 2.45) is 0 Å². The van der Waals surface area contributed by atoms with Crippen molar-refractivity contribution in [3.63, 3.8) is 0 Å². The molecule has 156 valence electrons. The predicted octanol–water partition coefficient (Wildman–Crippen LogP) is 5.40. The first-order valence-corrected chi connectivity index (χ1v) is 10.6. The predicted molar refractivity (Wildman–Crippen MR) is 124 cm³/mol. The normalized spacial score (nSPS) is 17.9. The van der Waals surface area contributed by atoms with Crippen molar-refractivity contribution < 1.29 is 14.7 Å². The van der Waals surface area contributed by atoms with Crippen molar-refractivity contribution in [1.29, 1.82) is 0 Å². The Morgan fingerprint density at radius 2 is 1.77 bits per heavy atom. The lowest BCUT2D eigenvalue weighted by Crippen LogP contribution is -2.30. The van der Waals surface area contributed by atoms with Gasteiger partial charge in [0.25, 0.3) is 11.7 Å². The molecule has 4 rings (SSSR count). The molecular weight excluding hydrogens is 456 g/mol. The molecule has 1 N–H and O–H groups in total. The van der Waals surface area contributed by atoms with E-state index in [1.165, 1.54) is 4.90 Å². The molecule has 2 aromatic carbocycles. The summed E-state index contributed by atoms with van der Waals surface area (Å²) in [5.74, 6) is -1.62. The Morgan fingerprint density at radius 1 is 1.00 bits per heavy atom. The highest BCUT2D eigenvalue weighted by Crippen LogP contribution is 2.42. The van der Waals surface area contributed by atoms with Crippen molar-refractivity contribution in [2.45, 2.75) is 26.8 Å². The number of benzene rings is 2. The molecule has 1 aliphatic heterocycles. The molecule has 0 aliphatic carbocycles. The Hall–Kier alpha value is -3.25. The molecule has 1 fully saturated rings. The molecule has 1 saturated heterocycles. The van der Waals surface area contributed by atoms with Crippen molar-refractivity contribution >= 4 is 39.1 Å². The Bertz CT molecular complexity index is 1230. The van der Waals surface area contributed by atoms with Gasteiger partial charge in [-0.3, -0.25) is 19.5 Å². The van der Waals surface area contributed by atoms with E-state index in [-0.39, 0.29) is 11.3 Å². The molecule has 0 bridgehead atoms. The number of carbonyl (C=O) groups excluding carboxylic acids is 2. The molecule has 3 aromatic rings. The molecule has 0 spiro atoms. The summed E-state index contributed by atoms with van der Waals surface area (Å²) in [5, 5.41) is 11.2. The topological polar surface area (TPSA) is 70.5 Å². The molecule has 2 heterocycles. The number of rotatable bonds is 3. The fourth-order valence-electron chi connectivity index (χ4n) is 3.82. The van der Waals surface area contributed by atoms with E-state index < -0.39 is 17.7 Å². The van der Waals surface area contributed by atoms with Crippen molar-refractivity contribution in [2.75, 3.05) is 4.90 Å². The van der Waals surface area contributed by atoms with E-state index in [2.05, 4.69) is 20.9 Å². The molecule has 31 heavy (non-hydrogen) atoms. The van der Waals surface area contributed by atoms with Gasteiger partial charge in [-0.2, -0.15) is 0 Å². The maximum Gasteiger partial charge on any atom is 0.300 e. The number of pyridine rings is 1. The lowest BCUT2D eigenvalue weighted by molar-refractivity contribution is -0.132. The fourth-order valence-corrected chi connectivity index (χ4v) is 4.07. The monoisotopic (exact) mass is 476 g/mol. The van der Waals surface area contributed by atoms with Gasteiger partial charge in [0.15, 0.2) is 0 Å². The highest BCUT2D eigenvalue weighted by Gasteiger charge is 2.48. The largest absolute Gasteiger partial charge is 0.507 e. The number of anilines is 1. The fraction of sp³-hybridized carbons (Fsp3) is 0.160. The highest BCUT2D eigenvalue weighted by atomic mass is 79.9. The molecule has 0 saturated carbocycles. The maximum absolute atomic E-state index is 13.2. The van der Waals surface area contributed by atoms with Gasteiger partial charge in [-0.05, 0) is 67.8 Å². The first-order chi connectivity index (χ1) is 14.8. The third-order valence-corrected chi connectivity index (χ3v) is 6.36. The van der Waals surface area contributed by atoms with E-state index in [0.29, 0.717) is 16.9 Å². The minimum atomic E-state index is -0.828. The Kier molecular flexibility index (Phi) is 5.50. The number of aryl methyl sites for hydroxylation is 3. The molecule has 1 amide bonds. The SMILES string of the molecule is Cc1ccc(C)c(N2C(=O)C(=O)/C(=C(\O)c3ccc(Br)c(C)c3)C2c2ccccn2)c1. The van der Waals surface area contributed by atoms with E-state index in [4.69, 9.17) is 0 Å². The molecule has 1 unspecified atom stereocenters. The number of carbonyl (C=O) groups is 2. The summed E-state index contributed by atoms with van der Waals surface area (Å²) < 4.78 is 0.890. The third-order valence-electron chi connectivity index (χ3n) is 5.47. The first kappa shape index (κ1) is 21.0. The molecule has 5 nitrogen and oxygen atoms in total. The summed E-state index contributed by atoms with van der Waals surface area (Å²) >= 11 is 3.45. The Labute approximate surface area is 189 Å². The Morgan fingerprint density at radius 3 is 2.45 bits per heavy atom. The summed E-state index contributed by atoms with van der Waals surface area (Å²) in [5.41, 5.74) is 4.37. The van der Waals surface area contributed by atoms with Crippen LogP contribution in [0.4, 0.5) is 5.69 Å². The number of aromatic nitrogens is 1. The van der Waals surface area contributed by atoms with Crippen LogP contribution in [0.1, 0.15) is 34.0 Å². The van der Waals surface area contributed by atoms with Crippen LogP contribution in [-0.2, 0) is 9.59 Å². The number of nitrogens with zero attached hydrogens (tertiary/aromatic N) is 2. The van der Waals surface area contributed by atoms with E-state index in [0.717, 1.165) is 21.2 Å². The summed E-state index contributed by atoms with van der Waals surface area (Å²) in [6.07, 6.45) is 1.61. The van der Waals surface area contributed by atoms with Gasteiger partial charge in [-0.1, -0.05) is 40.2 Å². The molecule has 1 aromatic heterocycles. The van der Waals surface area contributed by atoms with E-state index in [1.807, 2.05) is 39.0 Å². The lowest BCUT2D eigenvalue weighted by atomic mass is 9.97. The number of aliphatic hydroxyl groups excluding tert-OH is 1. The average Bonchev–Trinajstić information content (AvgIpc) is 3.02. The van der Waals surface area contributed by atoms with Gasteiger partial charge >= 0.3 is 0 Å². The number of hydrogen-bond acceptors (Lipinski definition) is 4. The minimum Gasteiger partial charge on any atom is -0.507 e. The second-order valence-corrected chi connectivity index (χ2v) is 8.53. The second-order valence-electron chi connectivity index (χ2n) is 7.68. The molecule has 1 aliphatic rings. The van der Waals surface area contributed by atoms with Gasteiger partial charge in [-0.25, -0.2) is 0 Å². The molecule has 0 radical (unpaired) electrons. The van der Waals surface area contributed by atoms with E-state index in [9.17, 15) is 14.7 Å². The third kappa shape index (κ3) is 3.68. The number of aliphatic hydroxyl groups is 1. The number of Topliss-reactive ketones (excluding diaryl/α,β-unsaturated/α-hetero) is 1. The van der Waals surface area contributed by atoms with E-state index in [1.54, 1.807) is 42.6 Å². The van der Waals surface area contributed by atoms with Crippen molar-refractivity contribution in [1.82, 2.24) is 4.98 Å². The number of ketones is 1. The van der Waals surface area contributed by atoms with Crippen LogP contribution in [0.15, 0.2) is 70.8 Å². The number of amides is 1. The molecule has 1 atom stereocenters. The van der Waals surface area contributed by atoms with Gasteiger partial charge < -0.3 is 5.11 Å². The van der Waals surface area contributed by atoms with Crippen LogP contribution in [0.2, 0.25) is 0 Å². The number of hydrogen-bond donors (Lipinski definition) is 1. The van der Waals surface area contributed by atoms with Crippen LogP contribution in [0.3, 0.4) is 0 Å². The standard InChI is InChI=1S/C25H21BrN2O3/c1-14-7-8-15(2)20(12-14)28-22(19-6-4-5-11-27-19)21(24(30)25(28)31)23(29)17-9-10-18(26)16(3)13-17/h4-13,22,29H,1-3H3/b23-21-. The van der Waals surface area contributed by atoms with Gasteiger partial charge in [0.05, 0.1) is 11.3 Å². The van der Waals surface area contributed by atoms with Crippen LogP contribution in [0, 0.1) is 20.8 Å². The molecule has 6 heteroatoms. The summed E-state index contributed by atoms with van der Waals surface area (Å²) in [6.45, 7) is 5.72. The first-order valence-electron chi connectivity index (χ1n) is 9.85. The number of halogens is 1. The van der Waals surface area contributed by atoms with Crippen LogP contribution in [0.5, 0.6) is 0 Å². The summed E-state index contributed by atoms with van der Waals surface area (Å²) in [4.78, 5) is 32.3. The second kappa shape index (κ2) is 8.12. The van der Waals surface area contributed by atoms with Gasteiger partial charge in [0.1, 0.15) is 11.8 Å². The zero-order valence-electron chi connectivity index (χ0n) is 17.4. The summed E-state index contributed by atoms with van der Waals surface area (Å²) in [6, 6.07) is 15.5. The smallest absolute Gasteiger partial charge is 0.300 e. The van der Waals surface area contributed by atoms with Crippen LogP contribution >= 0.6 is 15.9 Å². The van der Waals surface area contributed by atoms with Crippen molar-refractivity contribution in [3.05, 3.63) is 98.8 Å². The lowest BCUT2D eigenvalue weighted by Gasteiger charge is -2.26. The van der Waals surface area contributed by atoms with Crippen LogP contribution in [-0.4, -0.2) is 21.8 Å².